The summed E-state index contributed by atoms with van der Waals surface area (Å²) in [6, 6.07) is 7.47. The number of carboxylic acids is 1. The van der Waals surface area contributed by atoms with Crippen LogP contribution in [0.25, 0.3) is 6.08 Å². The summed E-state index contributed by atoms with van der Waals surface area (Å²) in [5.41, 5.74) is 1.78. The van der Waals surface area contributed by atoms with Gasteiger partial charge in [0.05, 0.1) is 6.42 Å². The summed E-state index contributed by atoms with van der Waals surface area (Å²) in [5.74, 6) is -0.231. The molecule has 0 bridgehead atoms. The molecule has 0 radical (unpaired) electrons. The van der Waals surface area contributed by atoms with Crippen LogP contribution in [0.1, 0.15) is 17.5 Å². The summed E-state index contributed by atoms with van der Waals surface area (Å²) in [5, 5.41) is 8.72. The fraction of sp³-hybridized carbons (Fsp3) is 0.250. The molecular weight excluding hydrogens is 212 g/mol. The number of carbonyl (C=O) groups is 1. The lowest BCUT2D eigenvalue weighted by Crippen LogP contribution is -2.01. The van der Waals surface area contributed by atoms with Crippen molar-refractivity contribution in [2.24, 2.45) is 0 Å². The van der Waals surface area contributed by atoms with Gasteiger partial charge in [0.25, 0.3) is 0 Å². The maximum atomic E-state index is 10.6. The molecule has 3 heteroatoms. The fourth-order valence-electron chi connectivity index (χ4n) is 1.29. The van der Waals surface area contributed by atoms with E-state index >= 15 is 0 Å². The first-order chi connectivity index (χ1) is 7.24. The van der Waals surface area contributed by atoms with Crippen molar-refractivity contribution in [2.75, 3.05) is 5.88 Å². The van der Waals surface area contributed by atoms with Crippen molar-refractivity contribution in [3.8, 4) is 0 Å². The molecule has 80 valence electrons. The zero-order valence-electron chi connectivity index (χ0n) is 8.32. The van der Waals surface area contributed by atoms with E-state index in [4.69, 9.17) is 16.7 Å². The number of hydrogen-bond acceptors (Lipinski definition) is 1. The molecule has 0 aliphatic carbocycles. The second-order valence-electron chi connectivity index (χ2n) is 3.15. The molecule has 0 atom stereocenters. The van der Waals surface area contributed by atoms with Crippen molar-refractivity contribution in [3.05, 3.63) is 41.5 Å². The number of benzene rings is 1. The van der Waals surface area contributed by atoms with Gasteiger partial charge in [-0.1, -0.05) is 36.4 Å². The van der Waals surface area contributed by atoms with Gasteiger partial charge in [-0.25, -0.2) is 0 Å². The maximum absolute atomic E-state index is 10.6. The third-order valence-corrected chi connectivity index (χ3v) is 2.19. The summed E-state index contributed by atoms with van der Waals surface area (Å²) in [6.45, 7) is 0. The van der Waals surface area contributed by atoms with Crippen LogP contribution in [0.5, 0.6) is 0 Å². The van der Waals surface area contributed by atoms with Crippen LogP contribution in [-0.4, -0.2) is 17.0 Å². The van der Waals surface area contributed by atoms with E-state index in [0.717, 1.165) is 17.5 Å². The smallest absolute Gasteiger partial charge is 0.307 e. The zero-order valence-corrected chi connectivity index (χ0v) is 9.07. The van der Waals surface area contributed by atoms with Gasteiger partial charge in [0.1, 0.15) is 0 Å². The third-order valence-electron chi connectivity index (χ3n) is 1.97. The lowest BCUT2D eigenvalue weighted by Gasteiger charge is -2.02. The summed E-state index contributed by atoms with van der Waals surface area (Å²) in [6.07, 6.45) is 4.72. The van der Waals surface area contributed by atoms with Crippen LogP contribution in [0.15, 0.2) is 30.3 Å². The fourth-order valence-corrected chi connectivity index (χ4v) is 1.42. The van der Waals surface area contributed by atoms with Gasteiger partial charge in [0.15, 0.2) is 0 Å². The molecule has 1 aromatic carbocycles. The number of aliphatic carboxylic acids is 1. The summed E-state index contributed by atoms with van der Waals surface area (Å²) in [4.78, 5) is 10.6. The summed E-state index contributed by atoms with van der Waals surface area (Å²) in [7, 11) is 0. The third kappa shape index (κ3) is 4.17. The first-order valence-electron chi connectivity index (χ1n) is 4.76. The monoisotopic (exact) mass is 224 g/mol. The molecule has 15 heavy (non-hydrogen) atoms. The van der Waals surface area contributed by atoms with Crippen LogP contribution in [0, 0.1) is 0 Å². The number of halogens is 1. The van der Waals surface area contributed by atoms with Gasteiger partial charge >= 0.3 is 5.97 Å². The highest BCUT2D eigenvalue weighted by atomic mass is 35.5. The second-order valence-corrected chi connectivity index (χ2v) is 3.53. The Balaban J connectivity index is 2.81. The molecule has 0 amide bonds. The van der Waals surface area contributed by atoms with Crippen LogP contribution < -0.4 is 0 Å². The highest BCUT2D eigenvalue weighted by Crippen LogP contribution is 2.12. The van der Waals surface area contributed by atoms with Gasteiger partial charge in [-0.3, -0.25) is 4.79 Å². The molecular formula is C12H13ClO2. The molecule has 2 nitrogen and oxygen atoms in total. The topological polar surface area (TPSA) is 37.3 Å². The van der Waals surface area contributed by atoms with Crippen molar-refractivity contribution in [2.45, 2.75) is 12.8 Å². The molecule has 0 spiro atoms. The molecule has 1 N–H and O–H groups in total. The zero-order chi connectivity index (χ0) is 11.1. The van der Waals surface area contributed by atoms with E-state index < -0.39 is 5.97 Å². The van der Waals surface area contributed by atoms with E-state index in [1.54, 1.807) is 0 Å². The minimum atomic E-state index is -0.812. The van der Waals surface area contributed by atoms with Crippen molar-refractivity contribution in [1.82, 2.24) is 0 Å². The number of hydrogen-bond donors (Lipinski definition) is 1. The van der Waals surface area contributed by atoms with Gasteiger partial charge in [-0.2, -0.15) is 0 Å². The van der Waals surface area contributed by atoms with Crippen molar-refractivity contribution < 1.29 is 9.90 Å². The number of allylic oxidation sites excluding steroid dienone is 1. The Bertz CT molecular complexity index is 358. The normalized spacial score (nSPS) is 10.7. The molecule has 0 saturated carbocycles. The van der Waals surface area contributed by atoms with Gasteiger partial charge in [-0.15, -0.1) is 11.6 Å². The lowest BCUT2D eigenvalue weighted by atomic mass is 10.0. The minimum absolute atomic E-state index is 0.0569. The quantitative estimate of drug-likeness (QED) is 0.781. The molecule has 0 aliphatic heterocycles. The van der Waals surface area contributed by atoms with Gasteiger partial charge in [0.2, 0.25) is 0 Å². The van der Waals surface area contributed by atoms with Gasteiger partial charge in [0, 0.05) is 5.88 Å². The minimum Gasteiger partial charge on any atom is -0.481 e. The second kappa shape index (κ2) is 6.25. The number of carboxylic acid groups (broad SMARTS) is 1. The SMILES string of the molecule is O=C(O)Cc1ccccc1C=CCCCl. The standard InChI is InChI=1S/C12H13ClO2/c13-8-4-3-6-10-5-1-2-7-11(10)9-12(14)15/h1-3,5-7H,4,8-9H2,(H,14,15). The Morgan fingerprint density at radius 1 is 1.40 bits per heavy atom. The van der Waals surface area contributed by atoms with Gasteiger partial charge in [-0.05, 0) is 17.5 Å². The predicted molar refractivity (Wildman–Crippen MR) is 62.2 cm³/mol. The molecule has 0 heterocycles. The lowest BCUT2D eigenvalue weighted by molar-refractivity contribution is -0.136. The summed E-state index contributed by atoms with van der Waals surface area (Å²) < 4.78 is 0. The first-order valence-corrected chi connectivity index (χ1v) is 5.29. The van der Waals surface area contributed by atoms with E-state index in [0.29, 0.717) is 5.88 Å². The Morgan fingerprint density at radius 2 is 2.13 bits per heavy atom. The van der Waals surface area contributed by atoms with E-state index in [2.05, 4.69) is 0 Å². The largest absolute Gasteiger partial charge is 0.481 e. The Kier molecular flexibility index (Phi) is 4.91. The molecule has 0 saturated heterocycles. The maximum Gasteiger partial charge on any atom is 0.307 e. The van der Waals surface area contributed by atoms with E-state index in [1.165, 1.54) is 0 Å². The number of alkyl halides is 1. The molecule has 1 aromatic rings. The molecule has 0 unspecified atom stereocenters. The molecule has 0 fully saturated rings. The van der Waals surface area contributed by atoms with Crippen molar-refractivity contribution in [1.29, 1.82) is 0 Å². The highest BCUT2D eigenvalue weighted by molar-refractivity contribution is 6.17. The van der Waals surface area contributed by atoms with E-state index in [9.17, 15) is 4.79 Å². The van der Waals surface area contributed by atoms with Crippen LogP contribution in [0.2, 0.25) is 0 Å². The van der Waals surface area contributed by atoms with Crippen LogP contribution in [0.4, 0.5) is 0 Å². The molecule has 1 rings (SSSR count). The molecule has 0 aliphatic rings. The average Bonchev–Trinajstić information content (AvgIpc) is 2.20. The van der Waals surface area contributed by atoms with E-state index in [-0.39, 0.29) is 6.42 Å². The van der Waals surface area contributed by atoms with Gasteiger partial charge < -0.3 is 5.11 Å². The van der Waals surface area contributed by atoms with E-state index in [1.807, 2.05) is 36.4 Å². The van der Waals surface area contributed by atoms with Crippen molar-refractivity contribution in [3.63, 3.8) is 0 Å². The van der Waals surface area contributed by atoms with Crippen LogP contribution in [-0.2, 0) is 11.2 Å². The Hall–Kier alpha value is -1.28. The van der Waals surface area contributed by atoms with Crippen molar-refractivity contribution >= 4 is 23.6 Å². The average molecular weight is 225 g/mol. The number of rotatable bonds is 5. The first kappa shape index (κ1) is 11.8. The van der Waals surface area contributed by atoms with Crippen LogP contribution >= 0.6 is 11.6 Å². The predicted octanol–water partition coefficient (Wildman–Crippen LogP) is 2.96. The Morgan fingerprint density at radius 3 is 2.80 bits per heavy atom. The summed E-state index contributed by atoms with van der Waals surface area (Å²) >= 11 is 5.55. The molecule has 0 aromatic heterocycles. The van der Waals surface area contributed by atoms with Crippen LogP contribution in [0.3, 0.4) is 0 Å². The highest BCUT2D eigenvalue weighted by Gasteiger charge is 2.03. The Labute approximate surface area is 94.2 Å².